The second kappa shape index (κ2) is 5.49. The van der Waals surface area contributed by atoms with Gasteiger partial charge in [0.1, 0.15) is 0 Å². The van der Waals surface area contributed by atoms with Gasteiger partial charge >= 0.3 is 5.97 Å². The SMILES string of the molecule is CCOC(=O)C(Cl)c1cc(Br)c(Br)s1. The summed E-state index contributed by atoms with van der Waals surface area (Å²) in [4.78, 5) is 12.1. The zero-order valence-electron chi connectivity index (χ0n) is 7.22. The van der Waals surface area contributed by atoms with Crippen LogP contribution in [-0.4, -0.2) is 12.6 Å². The molecule has 0 spiro atoms. The molecular weight excluding hydrogens is 355 g/mol. The molecule has 0 aliphatic rings. The molecule has 6 heteroatoms. The van der Waals surface area contributed by atoms with E-state index in [-0.39, 0.29) is 0 Å². The van der Waals surface area contributed by atoms with Crippen molar-refractivity contribution in [2.45, 2.75) is 12.3 Å². The molecule has 78 valence electrons. The van der Waals surface area contributed by atoms with E-state index in [2.05, 4.69) is 31.9 Å². The van der Waals surface area contributed by atoms with E-state index < -0.39 is 11.3 Å². The summed E-state index contributed by atoms with van der Waals surface area (Å²) < 4.78 is 6.63. The first kappa shape index (κ1) is 12.5. The van der Waals surface area contributed by atoms with Gasteiger partial charge in [-0.1, -0.05) is 0 Å². The maximum absolute atomic E-state index is 11.3. The van der Waals surface area contributed by atoms with Crippen molar-refractivity contribution in [1.29, 1.82) is 0 Å². The number of alkyl halides is 1. The highest BCUT2D eigenvalue weighted by Crippen LogP contribution is 2.37. The van der Waals surface area contributed by atoms with Crippen LogP contribution < -0.4 is 0 Å². The Morgan fingerprint density at radius 1 is 1.71 bits per heavy atom. The lowest BCUT2D eigenvalue weighted by Crippen LogP contribution is -2.09. The molecular formula is C8H7Br2ClO2S. The number of esters is 1. The minimum Gasteiger partial charge on any atom is -0.465 e. The van der Waals surface area contributed by atoms with Crippen LogP contribution in [0.4, 0.5) is 0 Å². The largest absolute Gasteiger partial charge is 0.465 e. The number of thiophene rings is 1. The summed E-state index contributed by atoms with van der Waals surface area (Å²) in [7, 11) is 0. The van der Waals surface area contributed by atoms with E-state index in [9.17, 15) is 4.79 Å². The molecule has 1 rings (SSSR count). The van der Waals surface area contributed by atoms with Gasteiger partial charge in [0.05, 0.1) is 10.4 Å². The first-order valence-electron chi connectivity index (χ1n) is 3.81. The molecule has 0 N–H and O–H groups in total. The van der Waals surface area contributed by atoms with Gasteiger partial charge in [0.25, 0.3) is 0 Å². The summed E-state index contributed by atoms with van der Waals surface area (Å²) >= 11 is 14.0. The van der Waals surface area contributed by atoms with Gasteiger partial charge in [-0.15, -0.1) is 22.9 Å². The second-order valence-corrected chi connectivity index (χ2v) is 6.08. The molecule has 0 fully saturated rings. The van der Waals surface area contributed by atoms with Crippen molar-refractivity contribution in [3.63, 3.8) is 0 Å². The average Bonchev–Trinajstić information content (AvgIpc) is 2.46. The summed E-state index contributed by atoms with van der Waals surface area (Å²) in [5.41, 5.74) is 0. The molecule has 0 aliphatic carbocycles. The summed E-state index contributed by atoms with van der Waals surface area (Å²) in [6, 6.07) is 1.81. The van der Waals surface area contributed by atoms with Crippen molar-refractivity contribution in [2.75, 3.05) is 6.61 Å². The fourth-order valence-corrected chi connectivity index (χ4v) is 3.14. The fraction of sp³-hybridized carbons (Fsp3) is 0.375. The van der Waals surface area contributed by atoms with E-state index in [0.717, 1.165) is 13.1 Å². The Kier molecular flexibility index (Phi) is 4.90. The molecule has 1 atom stereocenters. The molecule has 0 saturated heterocycles. The van der Waals surface area contributed by atoms with Crippen LogP contribution in [0.1, 0.15) is 17.2 Å². The van der Waals surface area contributed by atoms with Gasteiger partial charge in [0, 0.05) is 9.35 Å². The minimum atomic E-state index is -0.720. The molecule has 0 aromatic carbocycles. The Morgan fingerprint density at radius 3 is 2.79 bits per heavy atom. The first-order valence-corrected chi connectivity index (χ1v) is 6.65. The third-order valence-electron chi connectivity index (χ3n) is 1.41. The molecule has 1 aromatic heterocycles. The molecule has 1 heterocycles. The van der Waals surface area contributed by atoms with E-state index in [1.165, 1.54) is 11.3 Å². The van der Waals surface area contributed by atoms with Crippen LogP contribution in [0, 0.1) is 0 Å². The van der Waals surface area contributed by atoms with Crippen LogP contribution in [0.25, 0.3) is 0 Å². The standard InChI is InChI=1S/C8H7Br2ClO2S/c1-2-13-8(12)6(11)5-3-4(9)7(10)14-5/h3,6H,2H2,1H3. The molecule has 0 aliphatic heterocycles. The zero-order valence-corrected chi connectivity index (χ0v) is 12.0. The van der Waals surface area contributed by atoms with Crippen molar-refractivity contribution in [1.82, 2.24) is 0 Å². The van der Waals surface area contributed by atoms with Gasteiger partial charge in [0.2, 0.25) is 0 Å². The zero-order chi connectivity index (χ0) is 10.7. The molecule has 0 bridgehead atoms. The first-order chi connectivity index (χ1) is 6.56. The van der Waals surface area contributed by atoms with Crippen molar-refractivity contribution in [3.05, 3.63) is 19.2 Å². The second-order valence-electron chi connectivity index (χ2n) is 2.39. The van der Waals surface area contributed by atoms with Crippen LogP contribution >= 0.6 is 54.8 Å². The predicted octanol–water partition coefficient (Wildman–Crippen LogP) is 4.12. The lowest BCUT2D eigenvalue weighted by atomic mass is 10.3. The Morgan fingerprint density at radius 2 is 2.36 bits per heavy atom. The third kappa shape index (κ3) is 2.95. The van der Waals surface area contributed by atoms with Crippen LogP contribution in [0.5, 0.6) is 0 Å². The Balaban J connectivity index is 2.78. The highest BCUT2D eigenvalue weighted by atomic mass is 79.9. The van der Waals surface area contributed by atoms with Gasteiger partial charge in [-0.3, -0.25) is 4.79 Å². The van der Waals surface area contributed by atoms with Crippen molar-refractivity contribution < 1.29 is 9.53 Å². The smallest absolute Gasteiger partial charge is 0.329 e. The van der Waals surface area contributed by atoms with Gasteiger partial charge in [-0.2, -0.15) is 0 Å². The molecule has 0 radical (unpaired) electrons. The molecule has 1 unspecified atom stereocenters. The number of carbonyl (C=O) groups excluding carboxylic acids is 1. The highest BCUT2D eigenvalue weighted by Gasteiger charge is 2.21. The number of rotatable bonds is 3. The van der Waals surface area contributed by atoms with Gasteiger partial charge in [-0.05, 0) is 44.8 Å². The van der Waals surface area contributed by atoms with Crippen LogP contribution in [-0.2, 0) is 9.53 Å². The third-order valence-corrected chi connectivity index (χ3v) is 5.27. The monoisotopic (exact) mass is 360 g/mol. The average molecular weight is 362 g/mol. The van der Waals surface area contributed by atoms with E-state index in [1.54, 1.807) is 6.92 Å². The number of carbonyl (C=O) groups is 1. The number of hydrogen-bond donors (Lipinski definition) is 0. The Bertz CT molecular complexity index is 321. The van der Waals surface area contributed by atoms with Crippen LogP contribution in [0.3, 0.4) is 0 Å². The summed E-state index contributed by atoms with van der Waals surface area (Å²) in [6.07, 6.45) is 0. The van der Waals surface area contributed by atoms with Gasteiger partial charge in [-0.25, -0.2) is 0 Å². The number of hydrogen-bond acceptors (Lipinski definition) is 3. The number of ether oxygens (including phenoxy) is 1. The van der Waals surface area contributed by atoms with Crippen LogP contribution in [0.15, 0.2) is 14.3 Å². The maximum atomic E-state index is 11.3. The quantitative estimate of drug-likeness (QED) is 0.597. The molecule has 2 nitrogen and oxygen atoms in total. The van der Waals surface area contributed by atoms with Crippen molar-refractivity contribution >= 4 is 60.8 Å². The normalized spacial score (nSPS) is 12.6. The predicted molar refractivity (Wildman–Crippen MR) is 64.9 cm³/mol. The Labute approximate surface area is 108 Å². The lowest BCUT2D eigenvalue weighted by Gasteiger charge is -2.05. The van der Waals surface area contributed by atoms with Crippen molar-refractivity contribution in [2.24, 2.45) is 0 Å². The summed E-state index contributed by atoms with van der Waals surface area (Å²) in [5.74, 6) is -0.407. The maximum Gasteiger partial charge on any atom is 0.329 e. The highest BCUT2D eigenvalue weighted by molar-refractivity contribution is 9.13. The van der Waals surface area contributed by atoms with E-state index >= 15 is 0 Å². The summed E-state index contributed by atoms with van der Waals surface area (Å²) in [5, 5.41) is -0.720. The van der Waals surface area contributed by atoms with E-state index in [4.69, 9.17) is 16.3 Å². The number of halogens is 3. The van der Waals surface area contributed by atoms with Crippen LogP contribution in [0.2, 0.25) is 0 Å². The molecule has 0 amide bonds. The van der Waals surface area contributed by atoms with Gasteiger partial charge in [0.15, 0.2) is 5.38 Å². The molecule has 0 saturated carbocycles. The van der Waals surface area contributed by atoms with Crippen molar-refractivity contribution in [3.8, 4) is 0 Å². The molecule has 1 aromatic rings. The van der Waals surface area contributed by atoms with Gasteiger partial charge < -0.3 is 4.74 Å². The Hall–Kier alpha value is 0.420. The van der Waals surface area contributed by atoms with E-state index in [0.29, 0.717) is 6.61 Å². The summed E-state index contributed by atoms with van der Waals surface area (Å²) in [6.45, 7) is 2.09. The lowest BCUT2D eigenvalue weighted by molar-refractivity contribution is -0.142. The minimum absolute atomic E-state index is 0.343. The molecule has 14 heavy (non-hydrogen) atoms. The topological polar surface area (TPSA) is 26.3 Å². The van der Waals surface area contributed by atoms with E-state index in [1.807, 2.05) is 6.07 Å². The fourth-order valence-electron chi connectivity index (χ4n) is 0.820.